The number of aliphatic carboxylic acids is 1. The molecule has 1 rings (SSSR count). The van der Waals surface area contributed by atoms with Gasteiger partial charge in [0.25, 0.3) is 0 Å². The predicted molar refractivity (Wildman–Crippen MR) is 39.4 cm³/mol. The van der Waals surface area contributed by atoms with Gasteiger partial charge in [-0.1, -0.05) is 0 Å². The van der Waals surface area contributed by atoms with Gasteiger partial charge >= 0.3 is 12.1 Å². The van der Waals surface area contributed by atoms with E-state index >= 15 is 0 Å². The number of carboxylic acid groups (broad SMARTS) is 1. The zero-order chi connectivity index (χ0) is 11.6. The van der Waals surface area contributed by atoms with Crippen molar-refractivity contribution >= 4 is 11.9 Å². The molecule has 1 aliphatic rings. The van der Waals surface area contributed by atoms with Crippen molar-refractivity contribution in [2.75, 3.05) is 6.61 Å². The number of alkyl halides is 3. The van der Waals surface area contributed by atoms with Crippen LogP contribution in [0.25, 0.3) is 0 Å². The van der Waals surface area contributed by atoms with Crippen LogP contribution in [0.15, 0.2) is 0 Å². The van der Waals surface area contributed by atoms with Gasteiger partial charge in [0, 0.05) is 0 Å². The number of carboxylic acids is 1. The fourth-order valence-electron chi connectivity index (χ4n) is 1.02. The third kappa shape index (κ3) is 3.74. The van der Waals surface area contributed by atoms with Crippen molar-refractivity contribution in [2.24, 2.45) is 11.8 Å². The van der Waals surface area contributed by atoms with Gasteiger partial charge in [-0.15, -0.1) is 0 Å². The standard InChI is InChI=1S/C7H8F3NO4/c8-7(9,10)2-15-11-5(12)3-1-4(3)6(13)14/h3-4H,1-2H2,(H,11,12)(H,13,14). The van der Waals surface area contributed by atoms with E-state index in [2.05, 4.69) is 4.84 Å². The Hall–Kier alpha value is -1.31. The maximum absolute atomic E-state index is 11.6. The second-order valence-electron chi connectivity index (χ2n) is 3.16. The third-order valence-corrected chi connectivity index (χ3v) is 1.85. The van der Waals surface area contributed by atoms with Gasteiger partial charge in [0.1, 0.15) is 0 Å². The SMILES string of the molecule is O=C(O)C1CC1C(=O)NOCC(F)(F)F. The molecular formula is C7H8F3NO4. The van der Waals surface area contributed by atoms with E-state index in [1.807, 2.05) is 0 Å². The predicted octanol–water partition coefficient (Wildman–Crippen LogP) is 0.317. The second-order valence-corrected chi connectivity index (χ2v) is 3.16. The van der Waals surface area contributed by atoms with Crippen LogP contribution in [-0.4, -0.2) is 29.8 Å². The van der Waals surface area contributed by atoms with Crippen molar-refractivity contribution < 1.29 is 32.7 Å². The summed E-state index contributed by atoms with van der Waals surface area (Å²) in [4.78, 5) is 25.1. The number of amides is 1. The Labute approximate surface area is 82.2 Å². The van der Waals surface area contributed by atoms with E-state index in [9.17, 15) is 22.8 Å². The van der Waals surface area contributed by atoms with E-state index in [0.29, 0.717) is 0 Å². The normalized spacial score (nSPS) is 24.7. The first-order chi connectivity index (χ1) is 6.81. The number of hydroxylamine groups is 1. The van der Waals surface area contributed by atoms with Crippen molar-refractivity contribution in [1.29, 1.82) is 0 Å². The second kappa shape index (κ2) is 4.05. The molecule has 1 aliphatic carbocycles. The number of rotatable bonds is 4. The number of carbonyl (C=O) groups excluding carboxylic acids is 1. The fourth-order valence-corrected chi connectivity index (χ4v) is 1.02. The number of nitrogens with one attached hydrogen (secondary N) is 1. The molecule has 0 aromatic rings. The molecule has 0 radical (unpaired) electrons. The average Bonchev–Trinajstić information content (AvgIpc) is 2.79. The summed E-state index contributed by atoms with van der Waals surface area (Å²) in [6.45, 7) is -1.59. The van der Waals surface area contributed by atoms with Gasteiger partial charge in [0.15, 0.2) is 6.61 Å². The summed E-state index contributed by atoms with van der Waals surface area (Å²) in [7, 11) is 0. The lowest BCUT2D eigenvalue weighted by atomic mass is 10.3. The van der Waals surface area contributed by atoms with Crippen LogP contribution >= 0.6 is 0 Å². The highest BCUT2D eigenvalue weighted by atomic mass is 19.4. The van der Waals surface area contributed by atoms with Crippen molar-refractivity contribution in [1.82, 2.24) is 5.48 Å². The van der Waals surface area contributed by atoms with E-state index in [1.54, 1.807) is 5.48 Å². The van der Waals surface area contributed by atoms with Gasteiger partial charge in [0.05, 0.1) is 11.8 Å². The average molecular weight is 227 g/mol. The molecule has 2 N–H and O–H groups in total. The Kier molecular flexibility index (Phi) is 3.18. The van der Waals surface area contributed by atoms with Crippen molar-refractivity contribution in [3.05, 3.63) is 0 Å². The van der Waals surface area contributed by atoms with Crippen LogP contribution < -0.4 is 5.48 Å². The number of halogens is 3. The Morgan fingerprint density at radius 1 is 1.40 bits per heavy atom. The molecule has 2 atom stereocenters. The van der Waals surface area contributed by atoms with Crippen LogP contribution in [0.3, 0.4) is 0 Å². The Bertz CT molecular complexity index is 278. The molecule has 0 heterocycles. The van der Waals surface area contributed by atoms with E-state index in [0.717, 1.165) is 0 Å². The van der Waals surface area contributed by atoms with Gasteiger partial charge in [0.2, 0.25) is 5.91 Å². The molecule has 1 fully saturated rings. The summed E-state index contributed by atoms with van der Waals surface area (Å²) in [5, 5.41) is 8.43. The van der Waals surface area contributed by atoms with Crippen LogP contribution in [0.5, 0.6) is 0 Å². The summed E-state index contributed by atoms with van der Waals surface area (Å²) in [5.41, 5.74) is 1.56. The van der Waals surface area contributed by atoms with Gasteiger partial charge in [-0.2, -0.15) is 13.2 Å². The molecule has 0 spiro atoms. The minimum atomic E-state index is -4.52. The lowest BCUT2D eigenvalue weighted by Crippen LogP contribution is -2.31. The number of carbonyl (C=O) groups is 2. The smallest absolute Gasteiger partial charge is 0.414 e. The topological polar surface area (TPSA) is 75.6 Å². The highest BCUT2D eigenvalue weighted by Crippen LogP contribution is 2.38. The molecule has 1 saturated carbocycles. The first-order valence-corrected chi connectivity index (χ1v) is 4.02. The van der Waals surface area contributed by atoms with Crippen molar-refractivity contribution in [2.45, 2.75) is 12.6 Å². The number of hydrogen-bond acceptors (Lipinski definition) is 3. The minimum absolute atomic E-state index is 0.135. The fraction of sp³-hybridized carbons (Fsp3) is 0.714. The van der Waals surface area contributed by atoms with Gasteiger partial charge in [-0.05, 0) is 6.42 Å². The minimum Gasteiger partial charge on any atom is -0.481 e. The van der Waals surface area contributed by atoms with Crippen LogP contribution in [0.4, 0.5) is 13.2 Å². The first-order valence-electron chi connectivity index (χ1n) is 4.02. The number of hydrogen-bond donors (Lipinski definition) is 2. The highest BCUT2D eigenvalue weighted by molar-refractivity contribution is 5.88. The van der Waals surface area contributed by atoms with E-state index in [1.165, 1.54) is 0 Å². The molecule has 1 amide bonds. The van der Waals surface area contributed by atoms with Gasteiger partial charge in [-0.25, -0.2) is 5.48 Å². The molecule has 0 bridgehead atoms. The quantitative estimate of drug-likeness (QED) is 0.678. The van der Waals surface area contributed by atoms with E-state index < -0.39 is 36.5 Å². The maximum atomic E-state index is 11.6. The first kappa shape index (κ1) is 11.8. The molecular weight excluding hydrogens is 219 g/mol. The lowest BCUT2D eigenvalue weighted by Gasteiger charge is -2.07. The lowest BCUT2D eigenvalue weighted by molar-refractivity contribution is -0.192. The Morgan fingerprint density at radius 3 is 2.40 bits per heavy atom. The largest absolute Gasteiger partial charge is 0.481 e. The zero-order valence-corrected chi connectivity index (χ0v) is 7.37. The van der Waals surface area contributed by atoms with E-state index in [-0.39, 0.29) is 6.42 Å². The van der Waals surface area contributed by atoms with Crippen molar-refractivity contribution in [3.63, 3.8) is 0 Å². The van der Waals surface area contributed by atoms with Gasteiger partial charge in [-0.3, -0.25) is 14.4 Å². The van der Waals surface area contributed by atoms with Crippen LogP contribution in [0.1, 0.15) is 6.42 Å². The monoisotopic (exact) mass is 227 g/mol. The molecule has 0 aliphatic heterocycles. The van der Waals surface area contributed by atoms with Crippen LogP contribution in [0, 0.1) is 11.8 Å². The highest BCUT2D eigenvalue weighted by Gasteiger charge is 2.48. The third-order valence-electron chi connectivity index (χ3n) is 1.85. The van der Waals surface area contributed by atoms with Crippen LogP contribution in [0.2, 0.25) is 0 Å². The molecule has 0 aromatic heterocycles. The molecule has 86 valence electrons. The Balaban J connectivity index is 2.19. The molecule has 2 unspecified atom stereocenters. The summed E-state index contributed by atoms with van der Waals surface area (Å²) < 4.78 is 34.7. The molecule has 0 aromatic carbocycles. The van der Waals surface area contributed by atoms with E-state index in [4.69, 9.17) is 5.11 Å². The summed E-state index contributed by atoms with van der Waals surface area (Å²) >= 11 is 0. The Morgan fingerprint density at radius 2 is 2.00 bits per heavy atom. The summed E-state index contributed by atoms with van der Waals surface area (Å²) in [5.74, 6) is -3.55. The zero-order valence-electron chi connectivity index (χ0n) is 7.37. The van der Waals surface area contributed by atoms with Crippen molar-refractivity contribution in [3.8, 4) is 0 Å². The molecule has 0 saturated heterocycles. The summed E-state index contributed by atoms with van der Waals surface area (Å²) in [6, 6.07) is 0. The molecule has 15 heavy (non-hydrogen) atoms. The van der Waals surface area contributed by atoms with Crippen LogP contribution in [-0.2, 0) is 14.4 Å². The molecule has 8 heteroatoms. The van der Waals surface area contributed by atoms with Gasteiger partial charge < -0.3 is 5.11 Å². The molecule has 5 nitrogen and oxygen atoms in total. The summed E-state index contributed by atoms with van der Waals surface area (Å²) in [6.07, 6.45) is -4.39. The maximum Gasteiger partial charge on any atom is 0.414 e.